The summed E-state index contributed by atoms with van der Waals surface area (Å²) < 4.78 is 0. The van der Waals surface area contributed by atoms with Gasteiger partial charge in [-0.25, -0.2) is 0 Å². The number of thioether (sulfide) groups is 1. The highest BCUT2D eigenvalue weighted by molar-refractivity contribution is 7.99. The van der Waals surface area contributed by atoms with Crippen LogP contribution in [0.15, 0.2) is 29.3 Å². The van der Waals surface area contributed by atoms with Gasteiger partial charge >= 0.3 is 0 Å². The van der Waals surface area contributed by atoms with E-state index in [9.17, 15) is 0 Å². The highest BCUT2D eigenvalue weighted by atomic mass is 32.2. The summed E-state index contributed by atoms with van der Waals surface area (Å²) in [6.45, 7) is 10.1. The first-order valence-corrected chi connectivity index (χ1v) is 9.89. The van der Waals surface area contributed by atoms with Crippen LogP contribution in [0.25, 0.3) is 11.3 Å². The van der Waals surface area contributed by atoms with E-state index >= 15 is 0 Å². The lowest BCUT2D eigenvalue weighted by Crippen LogP contribution is -2.31. The number of likely N-dealkylation sites (tertiary alicyclic amines) is 1. The van der Waals surface area contributed by atoms with Crippen molar-refractivity contribution in [1.82, 2.24) is 15.1 Å². The summed E-state index contributed by atoms with van der Waals surface area (Å²) in [4.78, 5) is 2.57. The molecule has 3 rings (SSSR count). The van der Waals surface area contributed by atoms with Crippen molar-refractivity contribution in [1.29, 1.82) is 0 Å². The molecule has 0 amide bonds. The van der Waals surface area contributed by atoms with Crippen molar-refractivity contribution >= 4 is 11.8 Å². The number of benzene rings is 1. The average molecular weight is 342 g/mol. The van der Waals surface area contributed by atoms with Gasteiger partial charge in [-0.1, -0.05) is 12.5 Å². The predicted molar refractivity (Wildman–Crippen MR) is 103 cm³/mol. The molecule has 1 aromatic carbocycles. The normalized spacial score (nSPS) is 15.6. The molecule has 3 nitrogen and oxygen atoms in total. The number of aromatic nitrogens is 2. The lowest BCUT2D eigenvalue weighted by atomic mass is 9.99. The monoisotopic (exact) mass is 341 g/mol. The van der Waals surface area contributed by atoms with Crippen molar-refractivity contribution < 1.29 is 0 Å². The fraction of sp³-hybridized carbons (Fsp3) is 0.500. The number of rotatable bonds is 5. The first-order chi connectivity index (χ1) is 11.6. The molecule has 1 saturated heterocycles. The fourth-order valence-corrected chi connectivity index (χ4v) is 4.06. The molecule has 0 aliphatic carbocycles. The summed E-state index contributed by atoms with van der Waals surface area (Å²) >= 11 is 1.81. The number of hydrogen-bond acceptors (Lipinski definition) is 4. The van der Waals surface area contributed by atoms with Crippen molar-refractivity contribution in [3.63, 3.8) is 0 Å². The molecule has 0 spiro atoms. The number of hydrogen-bond donors (Lipinski definition) is 0. The van der Waals surface area contributed by atoms with Gasteiger partial charge in [0.2, 0.25) is 0 Å². The van der Waals surface area contributed by atoms with Crippen LogP contribution in [0, 0.1) is 20.8 Å². The number of nitrogens with zero attached hydrogens (tertiary/aromatic N) is 3. The van der Waals surface area contributed by atoms with Gasteiger partial charge < -0.3 is 4.90 Å². The molecule has 0 saturated carbocycles. The van der Waals surface area contributed by atoms with Crippen LogP contribution >= 0.6 is 11.8 Å². The minimum absolute atomic E-state index is 0.969. The molecule has 0 bridgehead atoms. The van der Waals surface area contributed by atoms with Crippen LogP contribution in [0.1, 0.15) is 36.0 Å². The summed E-state index contributed by atoms with van der Waals surface area (Å²) in [6.07, 6.45) is 4.11. The van der Waals surface area contributed by atoms with Crippen molar-refractivity contribution in [2.45, 2.75) is 45.1 Å². The van der Waals surface area contributed by atoms with Crippen LogP contribution in [0.2, 0.25) is 0 Å². The Hall–Kier alpha value is -1.39. The second kappa shape index (κ2) is 8.13. The van der Waals surface area contributed by atoms with Crippen LogP contribution in [-0.2, 0) is 0 Å². The Kier molecular flexibility index (Phi) is 5.90. The zero-order valence-electron chi connectivity index (χ0n) is 15.0. The molecule has 1 fully saturated rings. The maximum Gasteiger partial charge on any atom is 0.119 e. The van der Waals surface area contributed by atoms with Gasteiger partial charge in [0.05, 0.1) is 5.69 Å². The first kappa shape index (κ1) is 17.4. The second-order valence-corrected chi connectivity index (χ2v) is 7.87. The standard InChI is InChI=1S/C20H27N3S/c1-15-13-17(3)18(14-16(15)2)19-7-8-20(22-21-19)24-12-11-23-9-5-4-6-10-23/h7-8,13-14H,4-6,9-12H2,1-3H3. The zero-order chi connectivity index (χ0) is 16.9. The first-order valence-electron chi connectivity index (χ1n) is 8.90. The third-order valence-corrected chi connectivity index (χ3v) is 5.76. The summed E-state index contributed by atoms with van der Waals surface area (Å²) in [5, 5.41) is 9.91. The van der Waals surface area contributed by atoms with Gasteiger partial charge in [0.1, 0.15) is 5.03 Å². The van der Waals surface area contributed by atoms with Crippen molar-refractivity contribution in [3.05, 3.63) is 41.0 Å². The molecule has 4 heteroatoms. The van der Waals surface area contributed by atoms with Gasteiger partial charge in [-0.05, 0) is 81.6 Å². The topological polar surface area (TPSA) is 29.0 Å². The Bertz CT molecular complexity index is 676. The largest absolute Gasteiger partial charge is 0.303 e. The minimum Gasteiger partial charge on any atom is -0.303 e. The third kappa shape index (κ3) is 4.37. The molecule has 2 heterocycles. The van der Waals surface area contributed by atoms with Crippen LogP contribution < -0.4 is 0 Å². The van der Waals surface area contributed by atoms with Gasteiger partial charge in [-0.3, -0.25) is 0 Å². The van der Waals surface area contributed by atoms with Gasteiger partial charge in [-0.2, -0.15) is 0 Å². The van der Waals surface area contributed by atoms with Crippen molar-refractivity contribution in [2.24, 2.45) is 0 Å². The fourth-order valence-electron chi connectivity index (χ4n) is 3.24. The van der Waals surface area contributed by atoms with E-state index in [0.29, 0.717) is 0 Å². The molecule has 0 N–H and O–H groups in total. The molecule has 0 atom stereocenters. The maximum atomic E-state index is 4.46. The highest BCUT2D eigenvalue weighted by Crippen LogP contribution is 2.25. The molecule has 1 aliphatic heterocycles. The van der Waals surface area contributed by atoms with E-state index in [1.807, 2.05) is 11.8 Å². The predicted octanol–water partition coefficient (Wildman–Crippen LogP) is 4.65. The van der Waals surface area contributed by atoms with E-state index in [4.69, 9.17) is 0 Å². The maximum absolute atomic E-state index is 4.46. The number of piperidine rings is 1. The quantitative estimate of drug-likeness (QED) is 0.741. The summed E-state index contributed by atoms with van der Waals surface area (Å²) in [6, 6.07) is 8.66. The van der Waals surface area contributed by atoms with E-state index in [-0.39, 0.29) is 0 Å². The van der Waals surface area contributed by atoms with E-state index in [2.05, 4.69) is 60.1 Å². The third-order valence-electron chi connectivity index (χ3n) is 4.86. The Balaban J connectivity index is 1.60. The van der Waals surface area contributed by atoms with E-state index in [0.717, 1.165) is 23.0 Å². The number of aryl methyl sites for hydroxylation is 3. The Morgan fingerprint density at radius 2 is 1.67 bits per heavy atom. The molecule has 1 aromatic heterocycles. The van der Waals surface area contributed by atoms with Gasteiger partial charge in [0, 0.05) is 17.9 Å². The summed E-state index contributed by atoms with van der Waals surface area (Å²) in [5.41, 5.74) is 6.05. The van der Waals surface area contributed by atoms with E-state index in [1.165, 1.54) is 54.6 Å². The summed E-state index contributed by atoms with van der Waals surface area (Å²) in [5.74, 6) is 1.09. The van der Waals surface area contributed by atoms with Crippen molar-refractivity contribution in [2.75, 3.05) is 25.4 Å². The molecule has 128 valence electrons. The molecule has 1 aliphatic rings. The Morgan fingerprint density at radius 1 is 0.917 bits per heavy atom. The second-order valence-electron chi connectivity index (χ2n) is 6.76. The highest BCUT2D eigenvalue weighted by Gasteiger charge is 2.10. The molecule has 24 heavy (non-hydrogen) atoms. The van der Waals surface area contributed by atoms with E-state index < -0.39 is 0 Å². The van der Waals surface area contributed by atoms with Crippen molar-refractivity contribution in [3.8, 4) is 11.3 Å². The molecule has 2 aromatic rings. The Morgan fingerprint density at radius 3 is 2.38 bits per heavy atom. The molecule has 0 unspecified atom stereocenters. The van der Waals surface area contributed by atoms with Gasteiger partial charge in [0.15, 0.2) is 0 Å². The lowest BCUT2D eigenvalue weighted by molar-refractivity contribution is 0.242. The van der Waals surface area contributed by atoms with E-state index in [1.54, 1.807) is 0 Å². The van der Waals surface area contributed by atoms with Crippen LogP contribution in [0.3, 0.4) is 0 Å². The SMILES string of the molecule is Cc1cc(C)c(-c2ccc(SCCN3CCCCC3)nn2)cc1C. The Labute approximate surface area is 149 Å². The molecule has 0 radical (unpaired) electrons. The lowest BCUT2D eigenvalue weighted by Gasteiger charge is -2.25. The van der Waals surface area contributed by atoms with Gasteiger partial charge in [0.25, 0.3) is 0 Å². The molecular weight excluding hydrogens is 314 g/mol. The summed E-state index contributed by atoms with van der Waals surface area (Å²) in [7, 11) is 0. The van der Waals surface area contributed by atoms with Gasteiger partial charge in [-0.15, -0.1) is 22.0 Å². The van der Waals surface area contributed by atoms with Crippen LogP contribution in [0.5, 0.6) is 0 Å². The minimum atomic E-state index is 0.969. The zero-order valence-corrected chi connectivity index (χ0v) is 15.8. The van der Waals surface area contributed by atoms with Crippen LogP contribution in [0.4, 0.5) is 0 Å². The smallest absolute Gasteiger partial charge is 0.119 e. The average Bonchev–Trinajstić information content (AvgIpc) is 2.60. The molecular formula is C20H27N3S. The van der Waals surface area contributed by atoms with Crippen LogP contribution in [-0.4, -0.2) is 40.5 Å².